The van der Waals surface area contributed by atoms with Crippen LogP contribution in [0.25, 0.3) is 0 Å². The Bertz CT molecular complexity index is 342. The molecule has 16 heavy (non-hydrogen) atoms. The first-order chi connectivity index (χ1) is 7.68. The normalized spacial score (nSPS) is 18.6. The number of nitrogens with two attached hydrogens (primary N) is 1. The molecule has 0 bridgehead atoms. The standard InChI is InChI=1S/C12H17NO2S/c13-12(5-1-2-6-12)8-11(14)15-9-10-4-3-7-16-10/h3-4,7H,1-2,5-6,8-9,13H2. The zero-order valence-electron chi connectivity index (χ0n) is 9.28. The lowest BCUT2D eigenvalue weighted by atomic mass is 9.95. The van der Waals surface area contributed by atoms with Crippen LogP contribution in [-0.2, 0) is 16.1 Å². The van der Waals surface area contributed by atoms with Crippen molar-refractivity contribution in [2.75, 3.05) is 0 Å². The molecule has 1 heterocycles. The Morgan fingerprint density at radius 2 is 2.25 bits per heavy atom. The van der Waals surface area contributed by atoms with Gasteiger partial charge in [-0.2, -0.15) is 0 Å². The van der Waals surface area contributed by atoms with E-state index in [9.17, 15) is 4.79 Å². The molecule has 0 saturated heterocycles. The Morgan fingerprint density at radius 3 is 2.88 bits per heavy atom. The number of thiophene rings is 1. The Kier molecular flexibility index (Phi) is 3.61. The number of hydrogen-bond acceptors (Lipinski definition) is 4. The molecule has 0 spiro atoms. The van der Waals surface area contributed by atoms with Crippen LogP contribution in [0.5, 0.6) is 0 Å². The highest BCUT2D eigenvalue weighted by atomic mass is 32.1. The lowest BCUT2D eigenvalue weighted by molar-refractivity contribution is -0.146. The van der Waals surface area contributed by atoms with Crippen LogP contribution in [0.15, 0.2) is 17.5 Å². The van der Waals surface area contributed by atoms with E-state index in [1.54, 1.807) is 11.3 Å². The van der Waals surface area contributed by atoms with Gasteiger partial charge in [0, 0.05) is 10.4 Å². The molecule has 0 radical (unpaired) electrons. The smallest absolute Gasteiger partial charge is 0.308 e. The molecule has 1 aromatic rings. The predicted octanol–water partition coefficient (Wildman–Crippen LogP) is 2.45. The summed E-state index contributed by atoms with van der Waals surface area (Å²) in [5, 5.41) is 1.98. The van der Waals surface area contributed by atoms with Crippen molar-refractivity contribution in [2.24, 2.45) is 5.73 Å². The fourth-order valence-corrected chi connectivity index (χ4v) is 2.76. The molecule has 4 heteroatoms. The minimum absolute atomic E-state index is 0.169. The first-order valence-electron chi connectivity index (χ1n) is 5.65. The van der Waals surface area contributed by atoms with Crippen molar-refractivity contribution in [2.45, 2.75) is 44.2 Å². The second-order valence-electron chi connectivity index (χ2n) is 4.49. The zero-order valence-corrected chi connectivity index (χ0v) is 10.1. The molecule has 1 fully saturated rings. The van der Waals surface area contributed by atoms with E-state index in [2.05, 4.69) is 0 Å². The van der Waals surface area contributed by atoms with Crippen LogP contribution in [0.3, 0.4) is 0 Å². The van der Waals surface area contributed by atoms with Gasteiger partial charge in [-0.25, -0.2) is 0 Å². The molecule has 2 rings (SSSR count). The van der Waals surface area contributed by atoms with Gasteiger partial charge in [0.15, 0.2) is 0 Å². The molecule has 88 valence electrons. The molecular weight excluding hydrogens is 222 g/mol. The van der Waals surface area contributed by atoms with Crippen molar-refractivity contribution in [3.63, 3.8) is 0 Å². The third-order valence-corrected chi connectivity index (χ3v) is 3.90. The van der Waals surface area contributed by atoms with Gasteiger partial charge < -0.3 is 10.5 Å². The maximum absolute atomic E-state index is 11.6. The summed E-state index contributed by atoms with van der Waals surface area (Å²) in [6, 6.07) is 3.92. The van der Waals surface area contributed by atoms with E-state index >= 15 is 0 Å². The van der Waals surface area contributed by atoms with Gasteiger partial charge >= 0.3 is 5.97 Å². The second-order valence-corrected chi connectivity index (χ2v) is 5.52. The number of esters is 1. The van der Waals surface area contributed by atoms with Crippen LogP contribution in [0, 0.1) is 0 Å². The van der Waals surface area contributed by atoms with Crippen molar-refractivity contribution >= 4 is 17.3 Å². The minimum atomic E-state index is -0.299. The summed E-state index contributed by atoms with van der Waals surface area (Å²) < 4.78 is 5.21. The number of rotatable bonds is 4. The number of carbonyl (C=O) groups is 1. The van der Waals surface area contributed by atoms with Gasteiger partial charge in [0.05, 0.1) is 6.42 Å². The zero-order chi connectivity index (χ0) is 11.4. The van der Waals surface area contributed by atoms with Crippen LogP contribution in [0.2, 0.25) is 0 Å². The van der Waals surface area contributed by atoms with Crippen molar-refractivity contribution < 1.29 is 9.53 Å². The van der Waals surface area contributed by atoms with Crippen molar-refractivity contribution in [1.29, 1.82) is 0 Å². The van der Waals surface area contributed by atoms with Crippen LogP contribution >= 0.6 is 11.3 Å². The van der Waals surface area contributed by atoms with Crippen molar-refractivity contribution in [1.82, 2.24) is 0 Å². The highest BCUT2D eigenvalue weighted by Crippen LogP contribution is 2.30. The molecule has 1 aliphatic rings. The van der Waals surface area contributed by atoms with Gasteiger partial charge in [-0.15, -0.1) is 11.3 Å². The first kappa shape index (κ1) is 11.6. The summed E-state index contributed by atoms with van der Waals surface area (Å²) in [7, 11) is 0. The average molecular weight is 239 g/mol. The number of ether oxygens (including phenoxy) is 1. The molecule has 1 aliphatic carbocycles. The van der Waals surface area contributed by atoms with Crippen LogP contribution in [0.4, 0.5) is 0 Å². The van der Waals surface area contributed by atoms with Crippen molar-refractivity contribution in [3.8, 4) is 0 Å². The van der Waals surface area contributed by atoms with Gasteiger partial charge in [-0.1, -0.05) is 18.9 Å². The first-order valence-corrected chi connectivity index (χ1v) is 6.53. The molecule has 2 N–H and O–H groups in total. The van der Waals surface area contributed by atoms with E-state index in [0.717, 1.165) is 30.6 Å². The summed E-state index contributed by atoms with van der Waals surface area (Å²) in [4.78, 5) is 12.7. The summed E-state index contributed by atoms with van der Waals surface area (Å²) in [5.74, 6) is -0.169. The average Bonchev–Trinajstić information content (AvgIpc) is 2.86. The van der Waals surface area contributed by atoms with Gasteiger partial charge in [-0.05, 0) is 24.3 Å². The molecule has 0 atom stereocenters. The quantitative estimate of drug-likeness (QED) is 0.821. The molecule has 1 saturated carbocycles. The van der Waals surface area contributed by atoms with Crippen LogP contribution in [-0.4, -0.2) is 11.5 Å². The van der Waals surface area contributed by atoms with Gasteiger partial charge in [0.1, 0.15) is 6.61 Å². The monoisotopic (exact) mass is 239 g/mol. The molecular formula is C12H17NO2S. The van der Waals surface area contributed by atoms with Crippen molar-refractivity contribution in [3.05, 3.63) is 22.4 Å². The summed E-state index contributed by atoms with van der Waals surface area (Å²) >= 11 is 1.60. The van der Waals surface area contributed by atoms with E-state index in [1.807, 2.05) is 17.5 Å². The van der Waals surface area contributed by atoms with E-state index in [-0.39, 0.29) is 11.5 Å². The lowest BCUT2D eigenvalue weighted by Gasteiger charge is -2.21. The highest BCUT2D eigenvalue weighted by Gasteiger charge is 2.32. The van der Waals surface area contributed by atoms with Crippen LogP contribution < -0.4 is 5.73 Å². The van der Waals surface area contributed by atoms with E-state index < -0.39 is 0 Å². The molecule has 1 aromatic heterocycles. The topological polar surface area (TPSA) is 52.3 Å². The Morgan fingerprint density at radius 1 is 1.50 bits per heavy atom. The fourth-order valence-electron chi connectivity index (χ4n) is 2.14. The molecule has 0 aliphatic heterocycles. The third kappa shape index (κ3) is 3.06. The van der Waals surface area contributed by atoms with E-state index in [1.165, 1.54) is 0 Å². The molecule has 0 aromatic carbocycles. The van der Waals surface area contributed by atoms with Gasteiger partial charge in [-0.3, -0.25) is 4.79 Å². The minimum Gasteiger partial charge on any atom is -0.460 e. The van der Waals surface area contributed by atoms with Gasteiger partial charge in [0.25, 0.3) is 0 Å². The Balaban J connectivity index is 1.76. The number of carbonyl (C=O) groups excluding carboxylic acids is 1. The lowest BCUT2D eigenvalue weighted by Crippen LogP contribution is -2.39. The Labute approximate surface area is 99.6 Å². The second kappa shape index (κ2) is 4.97. The summed E-state index contributed by atoms with van der Waals surface area (Å²) in [6.45, 7) is 0.382. The summed E-state index contributed by atoms with van der Waals surface area (Å²) in [5.41, 5.74) is 5.81. The molecule has 0 unspecified atom stereocenters. The van der Waals surface area contributed by atoms with Gasteiger partial charge in [0.2, 0.25) is 0 Å². The summed E-state index contributed by atoms with van der Waals surface area (Å²) in [6.07, 6.45) is 4.52. The maximum Gasteiger partial charge on any atom is 0.308 e. The Hall–Kier alpha value is -0.870. The van der Waals surface area contributed by atoms with E-state index in [0.29, 0.717) is 13.0 Å². The fraction of sp³-hybridized carbons (Fsp3) is 0.583. The predicted molar refractivity (Wildman–Crippen MR) is 64.1 cm³/mol. The maximum atomic E-state index is 11.6. The largest absolute Gasteiger partial charge is 0.460 e. The SMILES string of the molecule is NC1(CC(=O)OCc2cccs2)CCCC1. The number of hydrogen-bond donors (Lipinski definition) is 1. The highest BCUT2D eigenvalue weighted by molar-refractivity contribution is 7.09. The molecule has 0 amide bonds. The van der Waals surface area contributed by atoms with E-state index in [4.69, 9.17) is 10.5 Å². The van der Waals surface area contributed by atoms with Crippen LogP contribution in [0.1, 0.15) is 37.0 Å². The third-order valence-electron chi connectivity index (χ3n) is 3.05. The molecule has 3 nitrogen and oxygen atoms in total.